The minimum absolute atomic E-state index is 0. The Kier molecular flexibility index (Phi) is 4.52. The van der Waals surface area contributed by atoms with Crippen LogP contribution in [0.3, 0.4) is 0 Å². The Hall–Kier alpha value is -3.40. The van der Waals surface area contributed by atoms with E-state index in [4.69, 9.17) is 8.22 Å². The number of rotatable bonds is 1. The molecule has 0 atom stereocenters. The van der Waals surface area contributed by atoms with Crippen LogP contribution in [-0.2, 0) is 20.1 Å². The molecule has 5 heteroatoms. The largest absolute Gasteiger partial charge is 0.339 e. The molecule has 159 valence electrons. The van der Waals surface area contributed by atoms with Gasteiger partial charge >= 0.3 is 0 Å². The van der Waals surface area contributed by atoms with Gasteiger partial charge in [0.2, 0.25) is 0 Å². The minimum atomic E-state index is -2.56. The summed E-state index contributed by atoms with van der Waals surface area (Å²) in [5.74, 6) is -0.274. The van der Waals surface area contributed by atoms with Gasteiger partial charge in [-0.2, -0.15) is 0 Å². The Morgan fingerprint density at radius 2 is 1.72 bits per heavy atom. The van der Waals surface area contributed by atoms with E-state index in [0.29, 0.717) is 21.8 Å². The summed E-state index contributed by atoms with van der Waals surface area (Å²) in [4.78, 5) is 12.6. The Morgan fingerprint density at radius 3 is 2.50 bits per heavy atom. The number of nitrogens with zero attached hydrogens (tertiary/aromatic N) is 4. The zero-order valence-electron chi connectivity index (χ0n) is 22.7. The Bertz CT molecular complexity index is 1570. The van der Waals surface area contributed by atoms with Crippen LogP contribution in [0.2, 0.25) is 0 Å². The van der Waals surface area contributed by atoms with Gasteiger partial charge in [-0.15, -0.1) is 65.5 Å². The van der Waals surface area contributed by atoms with Crippen molar-refractivity contribution in [2.45, 2.75) is 13.7 Å². The predicted molar refractivity (Wildman–Crippen MR) is 125 cm³/mol. The first kappa shape index (κ1) is 15.4. The first-order valence-corrected chi connectivity index (χ1v) is 9.65. The fourth-order valence-electron chi connectivity index (χ4n) is 3.58. The standard InChI is InChI=1S/C16H12N3.C11H8N.Ir/c1-10-16-13-7-5-9-17-15(13)12-6-3-4-8-14(12)19(16)11(2)18-10;1-2-6-10(7-3-1)11-8-4-5-9-12-11;/h3-5,7-9H,1-2H3;1-6,8-9H;/q2*-1;/i1D3,2D3;;. The molecular formula is C27H20IrN4-2. The molecule has 6 rings (SSSR count). The average molecular weight is 599 g/mol. The zero-order valence-corrected chi connectivity index (χ0v) is 19.1. The smallest absolute Gasteiger partial charge is 0.102 e. The molecule has 0 fully saturated rings. The van der Waals surface area contributed by atoms with Gasteiger partial charge < -0.3 is 14.4 Å². The second-order valence-corrected chi connectivity index (χ2v) is 6.79. The number of pyridine rings is 3. The van der Waals surface area contributed by atoms with E-state index in [9.17, 15) is 0 Å². The SMILES string of the molecule is [2H]C([2H])([2H])c1nc(C([2H])([2H])[2H])n2c3ccc[c-]c3c3ncccc3c12.[Ir].[c-]1ccccc1-c1ccccn1. The normalized spacial score (nSPS) is 14.1. The van der Waals surface area contributed by atoms with Crippen molar-refractivity contribution >= 4 is 27.3 Å². The third kappa shape index (κ3) is 3.93. The monoisotopic (exact) mass is 599 g/mol. The molecule has 0 aliphatic carbocycles. The van der Waals surface area contributed by atoms with Crippen LogP contribution in [0.1, 0.15) is 19.7 Å². The Labute approximate surface area is 208 Å². The first-order chi connectivity index (χ1) is 17.7. The van der Waals surface area contributed by atoms with Gasteiger partial charge in [-0.05, 0) is 48.0 Å². The van der Waals surface area contributed by atoms with E-state index in [-0.39, 0.29) is 37.1 Å². The summed E-state index contributed by atoms with van der Waals surface area (Å²) in [7, 11) is 0. The molecule has 0 amide bonds. The van der Waals surface area contributed by atoms with Gasteiger partial charge in [0.25, 0.3) is 0 Å². The fraction of sp³-hybridized carbons (Fsp3) is 0.0741. The van der Waals surface area contributed by atoms with E-state index >= 15 is 0 Å². The first-order valence-electron chi connectivity index (χ1n) is 12.6. The van der Waals surface area contributed by atoms with Crippen molar-refractivity contribution in [2.75, 3.05) is 0 Å². The third-order valence-corrected chi connectivity index (χ3v) is 4.90. The third-order valence-electron chi connectivity index (χ3n) is 4.90. The molecule has 2 aromatic carbocycles. The van der Waals surface area contributed by atoms with Crippen molar-refractivity contribution in [1.82, 2.24) is 19.4 Å². The summed E-state index contributed by atoms with van der Waals surface area (Å²) < 4.78 is 48.2. The number of benzene rings is 2. The molecule has 0 aliphatic heterocycles. The van der Waals surface area contributed by atoms with Gasteiger partial charge in [-0.25, -0.2) is 4.98 Å². The molecule has 0 N–H and O–H groups in total. The summed E-state index contributed by atoms with van der Waals surface area (Å²) in [6.45, 7) is -5.12. The summed E-state index contributed by atoms with van der Waals surface area (Å²) >= 11 is 0. The van der Waals surface area contributed by atoms with Crippen LogP contribution in [0.4, 0.5) is 0 Å². The maximum atomic E-state index is 7.80. The molecule has 4 heterocycles. The molecule has 0 aliphatic rings. The van der Waals surface area contributed by atoms with Crippen molar-refractivity contribution in [3.63, 3.8) is 0 Å². The van der Waals surface area contributed by atoms with Crippen LogP contribution < -0.4 is 0 Å². The van der Waals surface area contributed by atoms with Crippen LogP contribution in [0.15, 0.2) is 85.2 Å². The maximum absolute atomic E-state index is 7.80. The molecule has 1 radical (unpaired) electrons. The molecular weight excluding hydrogens is 573 g/mol. The van der Waals surface area contributed by atoms with Gasteiger partial charge in [-0.1, -0.05) is 18.2 Å². The molecule has 0 saturated carbocycles. The molecule has 0 bridgehead atoms. The topological polar surface area (TPSA) is 43.1 Å². The summed E-state index contributed by atoms with van der Waals surface area (Å²) in [6.07, 6.45) is 3.39. The maximum Gasteiger partial charge on any atom is 0.102 e. The zero-order chi connectivity index (χ0) is 26.2. The van der Waals surface area contributed by atoms with Gasteiger partial charge in [0.05, 0.1) is 11.2 Å². The van der Waals surface area contributed by atoms with E-state index in [1.54, 1.807) is 42.7 Å². The van der Waals surface area contributed by atoms with E-state index in [1.807, 2.05) is 42.5 Å². The van der Waals surface area contributed by atoms with Crippen molar-refractivity contribution in [2.24, 2.45) is 0 Å². The van der Waals surface area contributed by atoms with Crippen molar-refractivity contribution < 1.29 is 28.3 Å². The summed E-state index contributed by atoms with van der Waals surface area (Å²) in [5.41, 5.74) is 3.10. The molecule has 6 aromatic rings. The molecule has 4 nitrogen and oxygen atoms in total. The summed E-state index contributed by atoms with van der Waals surface area (Å²) in [5, 5.41) is 1.15. The number of fused-ring (bicyclic) bond motifs is 6. The van der Waals surface area contributed by atoms with Gasteiger partial charge in [-0.3, -0.25) is 0 Å². The van der Waals surface area contributed by atoms with Gasteiger partial charge in [0.15, 0.2) is 0 Å². The van der Waals surface area contributed by atoms with E-state index in [1.165, 1.54) is 4.40 Å². The van der Waals surface area contributed by atoms with Crippen LogP contribution >= 0.6 is 0 Å². The van der Waals surface area contributed by atoms with E-state index in [0.717, 1.165) is 11.3 Å². The number of imidazole rings is 1. The van der Waals surface area contributed by atoms with Crippen LogP contribution in [0.5, 0.6) is 0 Å². The average Bonchev–Trinajstić information content (AvgIpc) is 3.33. The van der Waals surface area contributed by atoms with Crippen LogP contribution in [-0.4, -0.2) is 19.4 Å². The van der Waals surface area contributed by atoms with Gasteiger partial charge in [0, 0.05) is 40.7 Å². The molecule has 4 aromatic heterocycles. The van der Waals surface area contributed by atoms with Crippen LogP contribution in [0.25, 0.3) is 38.6 Å². The molecule has 0 spiro atoms. The van der Waals surface area contributed by atoms with E-state index in [2.05, 4.69) is 27.1 Å². The number of hydrogen-bond donors (Lipinski definition) is 0. The quantitative estimate of drug-likeness (QED) is 0.172. The molecule has 0 saturated heterocycles. The van der Waals surface area contributed by atoms with E-state index < -0.39 is 13.7 Å². The summed E-state index contributed by atoms with van der Waals surface area (Å²) in [6, 6.07) is 28.4. The minimum Gasteiger partial charge on any atom is -0.339 e. The van der Waals surface area contributed by atoms with Crippen molar-refractivity contribution in [3.8, 4) is 11.3 Å². The molecule has 0 unspecified atom stereocenters. The van der Waals surface area contributed by atoms with Gasteiger partial charge in [0.1, 0.15) is 5.82 Å². The van der Waals surface area contributed by atoms with Crippen molar-refractivity contribution in [3.05, 3.63) is 109 Å². The number of aromatic nitrogens is 4. The second-order valence-electron chi connectivity index (χ2n) is 6.79. The number of hydrogen-bond acceptors (Lipinski definition) is 3. The van der Waals surface area contributed by atoms with Crippen molar-refractivity contribution in [1.29, 1.82) is 0 Å². The molecule has 32 heavy (non-hydrogen) atoms. The van der Waals surface area contributed by atoms with Crippen LogP contribution in [0, 0.1) is 25.8 Å². The fourth-order valence-corrected chi connectivity index (χ4v) is 3.58. The Balaban J connectivity index is 0.000000218. The Morgan fingerprint density at radius 1 is 0.844 bits per heavy atom. The predicted octanol–water partition coefficient (Wildman–Crippen LogP) is 6.00. The second kappa shape index (κ2) is 9.39. The number of aryl methyl sites for hydroxylation is 2.